The van der Waals surface area contributed by atoms with Crippen molar-refractivity contribution in [2.24, 2.45) is 7.05 Å². The number of benzene rings is 1. The van der Waals surface area contributed by atoms with Crippen molar-refractivity contribution in [3.05, 3.63) is 57.6 Å². The zero-order valence-electron chi connectivity index (χ0n) is 9.85. The van der Waals surface area contributed by atoms with E-state index in [0.29, 0.717) is 0 Å². The molecular weight excluding hydrogens is 317 g/mol. The molecule has 0 unspecified atom stereocenters. The number of halogens is 2. The fraction of sp³-hybridized carbons (Fsp3) is 0.0769. The highest BCUT2D eigenvalue weighted by Gasteiger charge is 2.19. The average Bonchev–Trinajstić information content (AvgIpc) is 2.74. The fourth-order valence-corrected chi connectivity index (χ4v) is 2.18. The van der Waals surface area contributed by atoms with E-state index in [2.05, 4.69) is 15.9 Å². The summed E-state index contributed by atoms with van der Waals surface area (Å²) >= 11 is 3.01. The molecule has 1 N–H and O–H groups in total. The maximum absolute atomic E-state index is 13.4. The van der Waals surface area contributed by atoms with Crippen LogP contribution < -0.4 is 0 Å². The minimum atomic E-state index is -1.13. The molecule has 6 heteroatoms. The summed E-state index contributed by atoms with van der Waals surface area (Å²) in [4.78, 5) is 23.1. The van der Waals surface area contributed by atoms with Crippen molar-refractivity contribution in [2.75, 3.05) is 0 Å². The Kier molecular flexibility index (Phi) is 3.53. The average molecular weight is 326 g/mol. The molecule has 0 atom stereocenters. The number of aryl methyl sites for hydroxylation is 1. The van der Waals surface area contributed by atoms with Gasteiger partial charge < -0.3 is 9.67 Å². The summed E-state index contributed by atoms with van der Waals surface area (Å²) in [5.74, 6) is -2.10. The molecule has 1 heterocycles. The number of carboxylic acids is 1. The molecule has 0 radical (unpaired) electrons. The zero-order chi connectivity index (χ0) is 14.2. The Labute approximate surface area is 116 Å². The number of carbonyl (C=O) groups excluding carboxylic acids is 1. The van der Waals surface area contributed by atoms with Crippen molar-refractivity contribution in [3.8, 4) is 0 Å². The van der Waals surface area contributed by atoms with Crippen LogP contribution in [-0.4, -0.2) is 21.4 Å². The number of hydrogen-bond donors (Lipinski definition) is 1. The van der Waals surface area contributed by atoms with Crippen molar-refractivity contribution >= 4 is 27.7 Å². The summed E-state index contributed by atoms with van der Waals surface area (Å²) < 4.78 is 14.8. The van der Waals surface area contributed by atoms with Crippen LogP contribution in [-0.2, 0) is 7.05 Å². The number of carbonyl (C=O) groups is 2. The molecule has 2 rings (SSSR count). The van der Waals surface area contributed by atoms with Crippen LogP contribution in [0.5, 0.6) is 0 Å². The van der Waals surface area contributed by atoms with Crippen LogP contribution in [0.2, 0.25) is 0 Å². The second-order valence-electron chi connectivity index (χ2n) is 3.96. The molecule has 0 fully saturated rings. The molecule has 0 saturated heterocycles. The van der Waals surface area contributed by atoms with E-state index in [0.717, 1.165) is 0 Å². The van der Waals surface area contributed by atoms with Gasteiger partial charge in [-0.15, -0.1) is 0 Å². The number of rotatable bonds is 3. The third-order valence-corrected chi connectivity index (χ3v) is 3.49. The van der Waals surface area contributed by atoms with Crippen molar-refractivity contribution in [2.45, 2.75) is 0 Å². The normalized spacial score (nSPS) is 10.5. The molecule has 1 aromatic carbocycles. The van der Waals surface area contributed by atoms with Gasteiger partial charge in [-0.2, -0.15) is 0 Å². The molecule has 2 aromatic rings. The monoisotopic (exact) mass is 325 g/mol. The van der Waals surface area contributed by atoms with E-state index in [-0.39, 0.29) is 21.3 Å². The van der Waals surface area contributed by atoms with Crippen LogP contribution in [0.25, 0.3) is 0 Å². The molecule has 0 amide bonds. The number of aromatic carboxylic acids is 1. The molecule has 98 valence electrons. The lowest BCUT2D eigenvalue weighted by Crippen LogP contribution is -2.02. The Morgan fingerprint density at radius 3 is 2.63 bits per heavy atom. The Balaban J connectivity index is 2.48. The van der Waals surface area contributed by atoms with Gasteiger partial charge in [0.2, 0.25) is 0 Å². The summed E-state index contributed by atoms with van der Waals surface area (Å²) in [6, 6.07) is 5.40. The molecule has 0 spiro atoms. The Hall–Kier alpha value is -1.95. The van der Waals surface area contributed by atoms with Crippen LogP contribution in [0.1, 0.15) is 26.4 Å². The number of aromatic nitrogens is 1. The Morgan fingerprint density at radius 1 is 1.37 bits per heavy atom. The lowest BCUT2D eigenvalue weighted by atomic mass is 10.1. The fourth-order valence-electron chi connectivity index (χ4n) is 1.74. The first kappa shape index (κ1) is 13.5. The van der Waals surface area contributed by atoms with Crippen LogP contribution in [0.3, 0.4) is 0 Å². The highest BCUT2D eigenvalue weighted by molar-refractivity contribution is 9.10. The summed E-state index contributed by atoms with van der Waals surface area (Å²) in [6.07, 6.45) is 1.41. The summed E-state index contributed by atoms with van der Waals surface area (Å²) in [7, 11) is 1.53. The van der Waals surface area contributed by atoms with Gasteiger partial charge in [-0.3, -0.25) is 4.79 Å². The molecule has 1 aromatic heterocycles. The largest absolute Gasteiger partial charge is 0.477 e. The van der Waals surface area contributed by atoms with E-state index < -0.39 is 17.6 Å². The predicted molar refractivity (Wildman–Crippen MR) is 69.9 cm³/mol. The molecule has 0 bridgehead atoms. The minimum absolute atomic E-state index is 0.00382. The van der Waals surface area contributed by atoms with Gasteiger partial charge in [0.05, 0.1) is 4.47 Å². The topological polar surface area (TPSA) is 59.3 Å². The molecule has 4 nitrogen and oxygen atoms in total. The van der Waals surface area contributed by atoms with Crippen molar-refractivity contribution in [1.82, 2.24) is 4.57 Å². The van der Waals surface area contributed by atoms with E-state index in [1.807, 2.05) is 0 Å². The second kappa shape index (κ2) is 4.97. The van der Waals surface area contributed by atoms with Crippen LogP contribution in [0, 0.1) is 5.82 Å². The predicted octanol–water partition coefficient (Wildman–Crippen LogP) is 2.86. The molecule has 0 aliphatic heterocycles. The summed E-state index contributed by atoms with van der Waals surface area (Å²) in [5.41, 5.74) is 0.351. The van der Waals surface area contributed by atoms with Crippen LogP contribution in [0.4, 0.5) is 4.39 Å². The van der Waals surface area contributed by atoms with Gasteiger partial charge in [-0.1, -0.05) is 6.07 Å². The second-order valence-corrected chi connectivity index (χ2v) is 4.75. The molecular formula is C13H9BrFNO3. The standard InChI is InChI=1S/C13H9BrFNO3/c1-16-6-7(5-10(16)13(18)19)12(17)8-3-2-4-9(15)11(8)14/h2-6H,1H3,(H,18,19). The third-order valence-electron chi connectivity index (χ3n) is 2.68. The zero-order valence-corrected chi connectivity index (χ0v) is 11.4. The quantitative estimate of drug-likeness (QED) is 0.883. The first-order valence-electron chi connectivity index (χ1n) is 5.30. The highest BCUT2D eigenvalue weighted by Crippen LogP contribution is 2.23. The lowest BCUT2D eigenvalue weighted by molar-refractivity contribution is 0.0686. The molecule has 0 aliphatic carbocycles. The smallest absolute Gasteiger partial charge is 0.352 e. The van der Waals surface area contributed by atoms with Crippen molar-refractivity contribution in [1.29, 1.82) is 0 Å². The van der Waals surface area contributed by atoms with Crippen LogP contribution >= 0.6 is 15.9 Å². The van der Waals surface area contributed by atoms with Gasteiger partial charge >= 0.3 is 5.97 Å². The van der Waals surface area contributed by atoms with Gasteiger partial charge in [-0.05, 0) is 34.1 Å². The number of carboxylic acid groups (broad SMARTS) is 1. The van der Waals surface area contributed by atoms with Gasteiger partial charge in [0.25, 0.3) is 0 Å². The van der Waals surface area contributed by atoms with E-state index in [1.165, 1.54) is 42.1 Å². The highest BCUT2D eigenvalue weighted by atomic mass is 79.9. The third kappa shape index (κ3) is 2.44. The first-order chi connectivity index (χ1) is 8.91. The molecule has 0 aliphatic rings. The SMILES string of the molecule is Cn1cc(C(=O)c2cccc(F)c2Br)cc1C(=O)O. The van der Waals surface area contributed by atoms with Gasteiger partial charge in [0.15, 0.2) is 5.78 Å². The van der Waals surface area contributed by atoms with Gasteiger partial charge in [0.1, 0.15) is 11.5 Å². The number of ketones is 1. The summed E-state index contributed by atoms with van der Waals surface area (Å²) in [5, 5.41) is 8.93. The number of nitrogens with zero attached hydrogens (tertiary/aromatic N) is 1. The van der Waals surface area contributed by atoms with Crippen molar-refractivity contribution in [3.63, 3.8) is 0 Å². The molecule has 0 saturated carbocycles. The lowest BCUT2D eigenvalue weighted by Gasteiger charge is -2.02. The Morgan fingerprint density at radius 2 is 2.05 bits per heavy atom. The van der Waals surface area contributed by atoms with E-state index in [9.17, 15) is 14.0 Å². The Bertz CT molecular complexity index is 679. The van der Waals surface area contributed by atoms with Gasteiger partial charge in [-0.25, -0.2) is 9.18 Å². The number of hydrogen-bond acceptors (Lipinski definition) is 2. The first-order valence-corrected chi connectivity index (χ1v) is 6.09. The summed E-state index contributed by atoms with van der Waals surface area (Å²) in [6.45, 7) is 0. The molecule has 19 heavy (non-hydrogen) atoms. The maximum Gasteiger partial charge on any atom is 0.352 e. The van der Waals surface area contributed by atoms with Gasteiger partial charge in [0, 0.05) is 24.4 Å². The van der Waals surface area contributed by atoms with Crippen molar-refractivity contribution < 1.29 is 19.1 Å². The maximum atomic E-state index is 13.4. The van der Waals surface area contributed by atoms with Crippen LogP contribution in [0.15, 0.2) is 34.9 Å². The minimum Gasteiger partial charge on any atom is -0.477 e. The van der Waals surface area contributed by atoms with E-state index in [4.69, 9.17) is 5.11 Å². The van der Waals surface area contributed by atoms with E-state index in [1.54, 1.807) is 0 Å². The van der Waals surface area contributed by atoms with E-state index >= 15 is 0 Å².